The molecule has 1 rings (SSSR count). The van der Waals surface area contributed by atoms with Crippen LogP contribution in [0.2, 0.25) is 0 Å². The van der Waals surface area contributed by atoms with Crippen molar-refractivity contribution in [3.8, 4) is 0 Å². The summed E-state index contributed by atoms with van der Waals surface area (Å²) in [5.41, 5.74) is 11.0. The molecule has 0 aliphatic carbocycles. The van der Waals surface area contributed by atoms with Crippen molar-refractivity contribution in [1.29, 1.82) is 0 Å². The van der Waals surface area contributed by atoms with Crippen LogP contribution in [0.1, 0.15) is 6.92 Å². The maximum absolute atomic E-state index is 11.7. The smallest absolute Gasteiger partial charge is 0.323 e. The van der Waals surface area contributed by atoms with E-state index >= 15 is 0 Å². The van der Waals surface area contributed by atoms with Gasteiger partial charge in [-0.1, -0.05) is 0 Å². The molecule has 7 nitrogen and oxygen atoms in total. The highest BCUT2D eigenvalue weighted by Gasteiger charge is 2.40. The molecule has 7 heteroatoms. The summed E-state index contributed by atoms with van der Waals surface area (Å²) in [6.45, 7) is 1.49. The number of aliphatic carboxylic acids is 1. The molecule has 0 aromatic carbocycles. The Bertz CT molecular complexity index is 269. The molecule has 1 heterocycles. The van der Waals surface area contributed by atoms with Gasteiger partial charge in [-0.15, -0.1) is 0 Å². The van der Waals surface area contributed by atoms with Gasteiger partial charge in [-0.25, -0.2) is 0 Å². The topological polar surface area (TPSA) is 122 Å². The van der Waals surface area contributed by atoms with Crippen LogP contribution >= 0.6 is 0 Å². The minimum atomic E-state index is -1.06. The van der Waals surface area contributed by atoms with Gasteiger partial charge >= 0.3 is 5.97 Å². The molecule has 0 saturated carbocycles. The van der Waals surface area contributed by atoms with Gasteiger partial charge in [-0.3, -0.25) is 14.9 Å². The second-order valence-corrected chi connectivity index (χ2v) is 3.62. The van der Waals surface area contributed by atoms with Crippen molar-refractivity contribution in [3.05, 3.63) is 0 Å². The van der Waals surface area contributed by atoms with Crippen LogP contribution in [-0.4, -0.2) is 53.2 Å². The van der Waals surface area contributed by atoms with Crippen molar-refractivity contribution in [2.24, 2.45) is 11.5 Å². The fourth-order valence-electron chi connectivity index (χ4n) is 1.63. The molecule has 1 amide bonds. The van der Waals surface area contributed by atoms with E-state index in [4.69, 9.17) is 16.6 Å². The highest BCUT2D eigenvalue weighted by atomic mass is 16.4. The molecule has 0 unspecified atom stereocenters. The number of hydrogen-bond donors (Lipinski definition) is 4. The van der Waals surface area contributed by atoms with Gasteiger partial charge in [0.15, 0.2) is 0 Å². The van der Waals surface area contributed by atoms with Gasteiger partial charge in [0.05, 0.1) is 6.17 Å². The number of carboxylic acid groups (broad SMARTS) is 1. The predicted octanol–water partition coefficient (Wildman–Crippen LogP) is -2.50. The largest absolute Gasteiger partial charge is 0.480 e. The Labute approximate surface area is 87.4 Å². The lowest BCUT2D eigenvalue weighted by molar-refractivity contribution is -0.144. The monoisotopic (exact) mass is 216 g/mol. The van der Waals surface area contributed by atoms with Gasteiger partial charge in [-0.2, -0.15) is 0 Å². The zero-order chi connectivity index (χ0) is 11.6. The van der Waals surface area contributed by atoms with Gasteiger partial charge in [0.1, 0.15) is 12.6 Å². The summed E-state index contributed by atoms with van der Waals surface area (Å²) in [6.07, 6.45) is -0.456. The molecule has 0 bridgehead atoms. The second-order valence-electron chi connectivity index (χ2n) is 3.62. The van der Waals surface area contributed by atoms with E-state index in [1.807, 2.05) is 0 Å². The van der Waals surface area contributed by atoms with Crippen molar-refractivity contribution in [3.63, 3.8) is 0 Å². The van der Waals surface area contributed by atoms with Crippen LogP contribution in [-0.2, 0) is 9.59 Å². The third kappa shape index (κ3) is 2.44. The molecule has 0 radical (unpaired) electrons. The molecule has 1 aliphatic rings. The van der Waals surface area contributed by atoms with Crippen molar-refractivity contribution in [2.45, 2.75) is 25.2 Å². The highest BCUT2D eigenvalue weighted by Crippen LogP contribution is 2.11. The van der Waals surface area contributed by atoms with E-state index < -0.39 is 18.2 Å². The number of hydrogen-bond acceptors (Lipinski definition) is 5. The fraction of sp³-hybridized carbons (Fsp3) is 0.750. The summed E-state index contributed by atoms with van der Waals surface area (Å²) in [4.78, 5) is 23.4. The number of nitrogens with two attached hydrogens (primary N) is 2. The molecule has 1 saturated heterocycles. The van der Waals surface area contributed by atoms with Crippen LogP contribution in [0.4, 0.5) is 0 Å². The fourth-order valence-corrected chi connectivity index (χ4v) is 1.63. The van der Waals surface area contributed by atoms with E-state index in [2.05, 4.69) is 5.32 Å². The number of nitrogens with zero attached hydrogens (tertiary/aromatic N) is 1. The Hall–Kier alpha value is -1.18. The van der Waals surface area contributed by atoms with Crippen molar-refractivity contribution >= 4 is 11.9 Å². The van der Waals surface area contributed by atoms with Gasteiger partial charge in [0.25, 0.3) is 0 Å². The highest BCUT2D eigenvalue weighted by molar-refractivity contribution is 5.87. The molecule has 6 N–H and O–H groups in total. The summed E-state index contributed by atoms with van der Waals surface area (Å²) >= 11 is 0. The number of carbonyl (C=O) groups excluding carboxylic acids is 1. The molecule has 0 aromatic rings. The zero-order valence-corrected chi connectivity index (χ0v) is 8.51. The maximum Gasteiger partial charge on any atom is 0.323 e. The summed E-state index contributed by atoms with van der Waals surface area (Å²) in [7, 11) is 0. The molecule has 3 atom stereocenters. The van der Waals surface area contributed by atoms with Crippen LogP contribution in [0.25, 0.3) is 0 Å². The number of nitrogens with one attached hydrogen (secondary N) is 1. The van der Waals surface area contributed by atoms with Gasteiger partial charge < -0.3 is 21.5 Å². The first-order valence-corrected chi connectivity index (χ1v) is 4.71. The number of rotatable bonds is 4. The second kappa shape index (κ2) is 4.56. The lowest BCUT2D eigenvalue weighted by atomic mass is 10.2. The summed E-state index contributed by atoms with van der Waals surface area (Å²) in [5.74, 6) is -1.37. The summed E-state index contributed by atoms with van der Waals surface area (Å²) < 4.78 is 0. The van der Waals surface area contributed by atoms with E-state index in [9.17, 15) is 9.59 Å². The van der Waals surface area contributed by atoms with Gasteiger partial charge in [-0.05, 0) is 6.92 Å². The summed E-state index contributed by atoms with van der Waals surface area (Å²) in [5, 5.41) is 11.6. The van der Waals surface area contributed by atoms with Crippen molar-refractivity contribution in [1.82, 2.24) is 10.2 Å². The predicted molar refractivity (Wildman–Crippen MR) is 52.8 cm³/mol. The molecule has 0 aromatic heterocycles. The third-order valence-electron chi connectivity index (χ3n) is 2.33. The Balaban J connectivity index is 2.78. The van der Waals surface area contributed by atoms with Crippen molar-refractivity contribution < 1.29 is 14.7 Å². The standard InChI is InChI=1S/C8H16N4O3/c1-4(10)7-11-5(2-9)8(15)12(7)3-6(13)14/h4-5,7,11H,2-3,9-10H2,1H3,(H,13,14)/t4-,5+,7+/m1/s1. The average molecular weight is 216 g/mol. The van der Waals surface area contributed by atoms with E-state index in [0.29, 0.717) is 0 Å². The van der Waals surface area contributed by atoms with E-state index in [1.165, 1.54) is 4.90 Å². The Morgan fingerprint density at radius 2 is 2.33 bits per heavy atom. The van der Waals surface area contributed by atoms with Crippen LogP contribution < -0.4 is 16.8 Å². The van der Waals surface area contributed by atoms with Crippen LogP contribution in [0.15, 0.2) is 0 Å². The average Bonchev–Trinajstić information content (AvgIpc) is 2.43. The molecular weight excluding hydrogens is 200 g/mol. The molecule has 1 aliphatic heterocycles. The van der Waals surface area contributed by atoms with Crippen LogP contribution in [0, 0.1) is 0 Å². The quantitative estimate of drug-likeness (QED) is 0.412. The summed E-state index contributed by atoms with van der Waals surface area (Å²) in [6, 6.07) is -0.870. The van der Waals surface area contributed by atoms with E-state index in [0.717, 1.165) is 0 Å². The van der Waals surface area contributed by atoms with Crippen molar-refractivity contribution in [2.75, 3.05) is 13.1 Å². The molecule has 86 valence electrons. The molecule has 1 fully saturated rings. The van der Waals surface area contributed by atoms with E-state index in [-0.39, 0.29) is 25.0 Å². The van der Waals surface area contributed by atoms with Gasteiger partial charge in [0, 0.05) is 12.6 Å². The SMILES string of the molecule is C[C@@H](N)[C@H]1N[C@@H](CN)C(=O)N1CC(=O)O. The first kappa shape index (κ1) is 11.9. The minimum absolute atomic E-state index is 0.137. The lowest BCUT2D eigenvalue weighted by Gasteiger charge is -2.25. The Morgan fingerprint density at radius 3 is 2.73 bits per heavy atom. The number of carbonyl (C=O) groups is 2. The normalized spacial score (nSPS) is 28.2. The lowest BCUT2D eigenvalue weighted by Crippen LogP contribution is -2.50. The molecular formula is C8H16N4O3. The van der Waals surface area contributed by atoms with Gasteiger partial charge in [0.2, 0.25) is 5.91 Å². The minimum Gasteiger partial charge on any atom is -0.480 e. The first-order chi connectivity index (χ1) is 6.97. The number of amides is 1. The third-order valence-corrected chi connectivity index (χ3v) is 2.33. The number of carboxylic acids is 1. The van der Waals surface area contributed by atoms with Crippen LogP contribution in [0.3, 0.4) is 0 Å². The maximum atomic E-state index is 11.7. The van der Waals surface area contributed by atoms with Crippen LogP contribution in [0.5, 0.6) is 0 Å². The van der Waals surface area contributed by atoms with E-state index in [1.54, 1.807) is 6.92 Å². The first-order valence-electron chi connectivity index (χ1n) is 4.71. The Kier molecular flexibility index (Phi) is 3.61. The molecule has 15 heavy (non-hydrogen) atoms. The Morgan fingerprint density at radius 1 is 1.73 bits per heavy atom. The molecule has 0 spiro atoms. The zero-order valence-electron chi connectivity index (χ0n) is 8.51.